The van der Waals surface area contributed by atoms with Crippen LogP contribution in [0.2, 0.25) is 0 Å². The third-order valence-electron chi connectivity index (χ3n) is 8.14. The first kappa shape index (κ1) is 22.8. The minimum absolute atomic E-state index is 0.242. The van der Waals surface area contributed by atoms with Gasteiger partial charge in [-0.3, -0.25) is 9.53 Å². The molecule has 1 aliphatic carbocycles. The molecule has 0 amide bonds. The van der Waals surface area contributed by atoms with Crippen molar-refractivity contribution in [3.63, 3.8) is 0 Å². The number of allylic oxidation sites excluding steroid dienone is 1. The fourth-order valence-corrected chi connectivity index (χ4v) is 6.70. The molecule has 3 fully saturated rings. The standard InChI is InChI=1S/C25H38O6/c1-4-5-6-7-8-9-10-11-12-13-14-17-15-18-19-20-24(3,30-22(28)25(17,20)16-26)31-23(19,2)29-21(18)27/h15,17,19-20,26H,4-14,16H2,1-3H3/t17-,19-,20+,23+,24-,25+/m1/s1. The highest BCUT2D eigenvalue weighted by molar-refractivity contribution is 5.94. The van der Waals surface area contributed by atoms with Gasteiger partial charge in [0.15, 0.2) is 0 Å². The summed E-state index contributed by atoms with van der Waals surface area (Å²) in [6.45, 7) is 5.41. The van der Waals surface area contributed by atoms with Crippen molar-refractivity contribution in [3.05, 3.63) is 11.6 Å². The third-order valence-corrected chi connectivity index (χ3v) is 8.14. The summed E-state index contributed by atoms with van der Waals surface area (Å²) in [4.78, 5) is 25.6. The van der Waals surface area contributed by atoms with Crippen molar-refractivity contribution in [3.8, 4) is 0 Å². The molecule has 0 aromatic rings. The Bertz CT molecular complexity index is 746. The Morgan fingerprint density at radius 1 is 0.903 bits per heavy atom. The van der Waals surface area contributed by atoms with E-state index in [0.29, 0.717) is 5.57 Å². The fourth-order valence-electron chi connectivity index (χ4n) is 6.70. The largest absolute Gasteiger partial charge is 0.432 e. The van der Waals surface area contributed by atoms with Gasteiger partial charge in [-0.2, -0.15) is 0 Å². The van der Waals surface area contributed by atoms with E-state index in [2.05, 4.69) is 6.92 Å². The molecule has 4 aliphatic rings. The molecule has 6 atom stereocenters. The molecule has 3 saturated heterocycles. The summed E-state index contributed by atoms with van der Waals surface area (Å²) in [5.41, 5.74) is -0.468. The number of aliphatic hydroxyl groups excluding tert-OH is 1. The predicted molar refractivity (Wildman–Crippen MR) is 115 cm³/mol. The second-order valence-corrected chi connectivity index (χ2v) is 10.3. The fraction of sp³-hybridized carbons (Fsp3) is 0.840. The molecular formula is C25H38O6. The van der Waals surface area contributed by atoms with E-state index in [0.717, 1.165) is 19.3 Å². The summed E-state index contributed by atoms with van der Waals surface area (Å²) in [6, 6.07) is 0. The van der Waals surface area contributed by atoms with Crippen LogP contribution in [0.5, 0.6) is 0 Å². The Morgan fingerprint density at radius 2 is 1.52 bits per heavy atom. The normalized spacial score (nSPS) is 40.0. The number of carbonyl (C=O) groups excluding carboxylic acids is 2. The molecule has 6 nitrogen and oxygen atoms in total. The Hall–Kier alpha value is -1.40. The number of ether oxygens (including phenoxy) is 3. The zero-order valence-electron chi connectivity index (χ0n) is 19.3. The molecule has 1 N–H and O–H groups in total. The van der Waals surface area contributed by atoms with Crippen LogP contribution in [-0.2, 0) is 23.8 Å². The highest BCUT2D eigenvalue weighted by Gasteiger charge is 2.80. The van der Waals surface area contributed by atoms with Gasteiger partial charge in [-0.05, 0) is 12.3 Å². The van der Waals surface area contributed by atoms with Gasteiger partial charge >= 0.3 is 11.9 Å². The summed E-state index contributed by atoms with van der Waals surface area (Å²) in [5, 5.41) is 10.5. The van der Waals surface area contributed by atoms with Gasteiger partial charge < -0.3 is 14.6 Å². The van der Waals surface area contributed by atoms with E-state index in [1.165, 1.54) is 51.4 Å². The maximum atomic E-state index is 13.1. The average Bonchev–Trinajstić information content (AvgIpc) is 3.19. The van der Waals surface area contributed by atoms with Crippen molar-refractivity contribution in [1.29, 1.82) is 0 Å². The number of esters is 2. The Balaban J connectivity index is 1.39. The average molecular weight is 435 g/mol. The summed E-state index contributed by atoms with van der Waals surface area (Å²) in [6.07, 6.45) is 15.0. The van der Waals surface area contributed by atoms with Crippen molar-refractivity contribution in [2.24, 2.45) is 23.2 Å². The van der Waals surface area contributed by atoms with Crippen LogP contribution in [0.4, 0.5) is 0 Å². The lowest BCUT2D eigenvalue weighted by molar-refractivity contribution is -0.280. The first-order valence-corrected chi connectivity index (χ1v) is 12.3. The molecule has 3 aliphatic heterocycles. The van der Waals surface area contributed by atoms with E-state index in [1.807, 2.05) is 6.08 Å². The van der Waals surface area contributed by atoms with Gasteiger partial charge in [0.25, 0.3) is 0 Å². The molecule has 174 valence electrons. The second kappa shape index (κ2) is 8.51. The topological polar surface area (TPSA) is 82.1 Å². The Morgan fingerprint density at radius 3 is 2.13 bits per heavy atom. The maximum absolute atomic E-state index is 13.1. The summed E-state index contributed by atoms with van der Waals surface area (Å²) in [7, 11) is 0. The van der Waals surface area contributed by atoms with Crippen molar-refractivity contribution in [2.75, 3.05) is 6.61 Å². The summed E-state index contributed by atoms with van der Waals surface area (Å²) < 4.78 is 17.3. The highest BCUT2D eigenvalue weighted by atomic mass is 16.8. The molecule has 4 rings (SSSR count). The number of hydrogen-bond donors (Lipinski definition) is 1. The molecule has 0 spiro atoms. The van der Waals surface area contributed by atoms with Crippen LogP contribution < -0.4 is 0 Å². The number of hydrogen-bond acceptors (Lipinski definition) is 6. The van der Waals surface area contributed by atoms with Crippen LogP contribution in [0.3, 0.4) is 0 Å². The molecule has 0 unspecified atom stereocenters. The molecular weight excluding hydrogens is 396 g/mol. The van der Waals surface area contributed by atoms with Crippen molar-refractivity contribution in [2.45, 2.75) is 103 Å². The van der Waals surface area contributed by atoms with E-state index in [-0.39, 0.29) is 24.4 Å². The van der Waals surface area contributed by atoms with Gasteiger partial charge in [-0.1, -0.05) is 77.2 Å². The van der Waals surface area contributed by atoms with Gasteiger partial charge in [0.2, 0.25) is 11.6 Å². The minimum atomic E-state index is -1.17. The molecule has 0 radical (unpaired) electrons. The number of aliphatic hydroxyl groups is 1. The highest BCUT2D eigenvalue weighted by Crippen LogP contribution is 2.68. The van der Waals surface area contributed by atoms with Gasteiger partial charge in [0.05, 0.1) is 18.4 Å². The van der Waals surface area contributed by atoms with Crippen LogP contribution in [-0.4, -0.2) is 35.2 Å². The zero-order valence-corrected chi connectivity index (χ0v) is 19.3. The van der Waals surface area contributed by atoms with Crippen molar-refractivity contribution >= 4 is 11.9 Å². The zero-order chi connectivity index (χ0) is 22.3. The molecule has 3 heterocycles. The first-order valence-electron chi connectivity index (χ1n) is 12.3. The van der Waals surface area contributed by atoms with Crippen LogP contribution in [0.15, 0.2) is 11.6 Å². The van der Waals surface area contributed by atoms with E-state index < -0.39 is 28.9 Å². The van der Waals surface area contributed by atoms with E-state index in [9.17, 15) is 14.7 Å². The smallest absolute Gasteiger partial charge is 0.336 e. The minimum Gasteiger partial charge on any atom is -0.432 e. The van der Waals surface area contributed by atoms with Gasteiger partial charge in [0.1, 0.15) is 5.41 Å². The summed E-state index contributed by atoms with van der Waals surface area (Å²) in [5.74, 6) is -4.12. The number of rotatable bonds is 12. The molecule has 0 bridgehead atoms. The molecule has 0 saturated carbocycles. The quantitative estimate of drug-likeness (QED) is 0.356. The third kappa shape index (κ3) is 3.54. The Kier molecular flexibility index (Phi) is 6.25. The lowest BCUT2D eigenvalue weighted by Crippen LogP contribution is -2.51. The molecule has 0 aromatic heterocycles. The first-order chi connectivity index (χ1) is 14.8. The van der Waals surface area contributed by atoms with Crippen LogP contribution in [0.1, 0.15) is 91.4 Å². The van der Waals surface area contributed by atoms with Crippen LogP contribution in [0.25, 0.3) is 0 Å². The van der Waals surface area contributed by atoms with Gasteiger partial charge in [-0.15, -0.1) is 0 Å². The van der Waals surface area contributed by atoms with E-state index in [1.54, 1.807) is 13.8 Å². The van der Waals surface area contributed by atoms with Gasteiger partial charge in [0, 0.05) is 19.4 Å². The molecule has 31 heavy (non-hydrogen) atoms. The predicted octanol–water partition coefficient (Wildman–Crippen LogP) is 4.64. The van der Waals surface area contributed by atoms with Crippen LogP contribution in [0, 0.1) is 23.2 Å². The van der Waals surface area contributed by atoms with Crippen molar-refractivity contribution in [1.82, 2.24) is 0 Å². The number of carbonyl (C=O) groups is 2. The van der Waals surface area contributed by atoms with Gasteiger partial charge in [-0.25, -0.2) is 4.79 Å². The molecule has 0 aromatic carbocycles. The van der Waals surface area contributed by atoms with Crippen molar-refractivity contribution < 1.29 is 28.9 Å². The van der Waals surface area contributed by atoms with Crippen LogP contribution >= 0.6 is 0 Å². The SMILES string of the molecule is CCCCCCCCCCCC[C@@H]1C=C2C(=O)O[C@@]3(C)O[C@@]4(C)OC(=O)[C@]1(CO)[C@H]4[C@@H]23. The number of unbranched alkanes of at least 4 members (excludes halogenated alkanes) is 9. The lowest BCUT2D eigenvalue weighted by Gasteiger charge is -2.41. The monoisotopic (exact) mass is 434 g/mol. The van der Waals surface area contributed by atoms with E-state index in [4.69, 9.17) is 14.2 Å². The maximum Gasteiger partial charge on any atom is 0.336 e. The second-order valence-electron chi connectivity index (χ2n) is 10.3. The Labute approximate surface area is 185 Å². The summed E-state index contributed by atoms with van der Waals surface area (Å²) >= 11 is 0. The lowest BCUT2D eigenvalue weighted by atomic mass is 9.56. The van der Waals surface area contributed by atoms with E-state index >= 15 is 0 Å². The molecule has 6 heteroatoms.